The van der Waals surface area contributed by atoms with E-state index in [9.17, 15) is 4.79 Å². The Kier molecular flexibility index (Phi) is 11.2. The summed E-state index contributed by atoms with van der Waals surface area (Å²) in [5.41, 5.74) is 1.41. The number of aliphatic imine (C=N–C) groups is 1. The van der Waals surface area contributed by atoms with Gasteiger partial charge in [0.1, 0.15) is 5.60 Å². The van der Waals surface area contributed by atoms with Crippen LogP contribution in [-0.2, 0) is 11.2 Å². The van der Waals surface area contributed by atoms with E-state index in [-0.39, 0.29) is 24.0 Å². The predicted octanol–water partition coefficient (Wildman–Crippen LogP) is 3.77. The molecule has 0 saturated carbocycles. The Labute approximate surface area is 168 Å². The van der Waals surface area contributed by atoms with Gasteiger partial charge < -0.3 is 15.4 Å². The Morgan fingerprint density at radius 2 is 1.72 bits per heavy atom. The molecule has 0 aromatic heterocycles. The molecule has 6 nitrogen and oxygen atoms in total. The van der Waals surface area contributed by atoms with Gasteiger partial charge in [-0.25, -0.2) is 4.79 Å². The van der Waals surface area contributed by atoms with Crippen molar-refractivity contribution in [1.29, 1.82) is 0 Å². The van der Waals surface area contributed by atoms with Gasteiger partial charge in [0.05, 0.1) is 0 Å². The first kappa shape index (κ1) is 23.5. The van der Waals surface area contributed by atoms with Crippen LogP contribution in [0.1, 0.15) is 39.7 Å². The van der Waals surface area contributed by atoms with E-state index in [1.54, 1.807) is 7.05 Å². The number of guanidine groups is 1. The van der Waals surface area contributed by atoms with Gasteiger partial charge in [-0.3, -0.25) is 10.3 Å². The number of ether oxygens (including phenoxy) is 1. The molecule has 1 aromatic carbocycles. The van der Waals surface area contributed by atoms with Gasteiger partial charge in [0.25, 0.3) is 0 Å². The zero-order valence-electron chi connectivity index (χ0n) is 15.8. The number of nitrogens with one attached hydrogen (secondary N) is 3. The summed E-state index contributed by atoms with van der Waals surface area (Å²) in [4.78, 5) is 15.9. The minimum atomic E-state index is -0.500. The van der Waals surface area contributed by atoms with Crippen molar-refractivity contribution in [1.82, 2.24) is 10.6 Å². The van der Waals surface area contributed by atoms with Crippen molar-refractivity contribution in [2.45, 2.75) is 46.1 Å². The van der Waals surface area contributed by atoms with Crippen molar-refractivity contribution in [3.05, 3.63) is 29.8 Å². The number of rotatable bonds is 6. The maximum absolute atomic E-state index is 11.7. The largest absolute Gasteiger partial charge is 0.444 e. The lowest BCUT2D eigenvalue weighted by atomic mass is 10.1. The van der Waals surface area contributed by atoms with Crippen molar-refractivity contribution >= 4 is 41.7 Å². The Morgan fingerprint density at radius 1 is 1.12 bits per heavy atom. The quantitative estimate of drug-likeness (QED) is 0.342. The molecule has 0 aliphatic carbocycles. The van der Waals surface area contributed by atoms with E-state index >= 15 is 0 Å². The fourth-order valence-electron chi connectivity index (χ4n) is 1.97. The van der Waals surface area contributed by atoms with Crippen molar-refractivity contribution in [3.63, 3.8) is 0 Å². The van der Waals surface area contributed by atoms with Gasteiger partial charge in [0, 0.05) is 25.8 Å². The fraction of sp³-hybridized carbons (Fsp3) is 0.556. The van der Waals surface area contributed by atoms with E-state index in [1.807, 2.05) is 45.0 Å². The average Bonchev–Trinajstić information content (AvgIpc) is 2.50. The van der Waals surface area contributed by atoms with Crippen LogP contribution in [0.3, 0.4) is 0 Å². The Morgan fingerprint density at radius 3 is 2.24 bits per heavy atom. The third-order valence-corrected chi connectivity index (χ3v) is 3.07. The number of anilines is 1. The molecule has 0 bridgehead atoms. The van der Waals surface area contributed by atoms with Crippen molar-refractivity contribution in [3.8, 4) is 0 Å². The second-order valence-electron chi connectivity index (χ2n) is 6.50. The minimum Gasteiger partial charge on any atom is -0.444 e. The number of carbonyl (C=O) groups is 1. The zero-order chi connectivity index (χ0) is 18.0. The lowest BCUT2D eigenvalue weighted by molar-refractivity contribution is 0.0636. The number of hydrogen-bond donors (Lipinski definition) is 3. The molecule has 0 fully saturated rings. The Balaban J connectivity index is 0.00000576. The first-order valence-electron chi connectivity index (χ1n) is 8.37. The molecule has 7 heteroatoms. The summed E-state index contributed by atoms with van der Waals surface area (Å²) < 4.78 is 5.23. The molecule has 0 unspecified atom stereocenters. The van der Waals surface area contributed by atoms with E-state index in [2.05, 4.69) is 27.9 Å². The standard InChI is InChI=1S/C18H30N4O2.HI/c1-6-12-20-16(19-5)21-13-11-14-7-9-15(10-8-14)22-17(23)24-18(2,3)4;/h7-10H,6,11-13H2,1-5H3,(H,22,23)(H2,19,20,21);1H. The molecule has 1 rings (SSSR count). The van der Waals surface area contributed by atoms with Gasteiger partial charge in [-0.1, -0.05) is 19.1 Å². The third-order valence-electron chi connectivity index (χ3n) is 3.07. The van der Waals surface area contributed by atoms with Crippen LogP contribution in [0.4, 0.5) is 10.5 Å². The molecule has 1 amide bonds. The number of amides is 1. The van der Waals surface area contributed by atoms with E-state index in [0.717, 1.165) is 37.6 Å². The van der Waals surface area contributed by atoms with Gasteiger partial charge in [-0.2, -0.15) is 0 Å². The van der Waals surface area contributed by atoms with Crippen LogP contribution in [0.2, 0.25) is 0 Å². The Hall–Kier alpha value is -1.51. The summed E-state index contributed by atoms with van der Waals surface area (Å²) in [7, 11) is 1.77. The summed E-state index contributed by atoms with van der Waals surface area (Å²) in [6, 6.07) is 7.75. The topological polar surface area (TPSA) is 74.8 Å². The summed E-state index contributed by atoms with van der Waals surface area (Å²) in [5, 5.41) is 9.23. The average molecular weight is 462 g/mol. The highest BCUT2D eigenvalue weighted by Crippen LogP contribution is 2.13. The molecule has 0 aliphatic heterocycles. The molecule has 3 N–H and O–H groups in total. The summed E-state index contributed by atoms with van der Waals surface area (Å²) in [6.07, 6.45) is 1.49. The highest BCUT2D eigenvalue weighted by Gasteiger charge is 2.15. The van der Waals surface area contributed by atoms with Crippen LogP contribution in [-0.4, -0.2) is 37.8 Å². The number of carbonyl (C=O) groups excluding carboxylic acids is 1. The number of halogens is 1. The molecule has 0 aliphatic rings. The van der Waals surface area contributed by atoms with Crippen molar-refractivity contribution in [2.75, 3.05) is 25.5 Å². The molecule has 0 heterocycles. The maximum atomic E-state index is 11.7. The SMILES string of the molecule is CCCNC(=NC)NCCc1ccc(NC(=O)OC(C)(C)C)cc1.I. The van der Waals surface area contributed by atoms with E-state index in [0.29, 0.717) is 0 Å². The normalized spacial score (nSPS) is 11.3. The van der Waals surface area contributed by atoms with Gasteiger partial charge in [-0.15, -0.1) is 24.0 Å². The highest BCUT2D eigenvalue weighted by molar-refractivity contribution is 14.0. The van der Waals surface area contributed by atoms with Gasteiger partial charge >= 0.3 is 6.09 Å². The molecule has 0 saturated heterocycles. The van der Waals surface area contributed by atoms with Crippen LogP contribution in [0.25, 0.3) is 0 Å². The zero-order valence-corrected chi connectivity index (χ0v) is 18.1. The van der Waals surface area contributed by atoms with E-state index < -0.39 is 11.7 Å². The Bertz CT molecular complexity index is 539. The fourth-order valence-corrected chi connectivity index (χ4v) is 1.97. The van der Waals surface area contributed by atoms with E-state index in [4.69, 9.17) is 4.74 Å². The number of hydrogen-bond acceptors (Lipinski definition) is 3. The lowest BCUT2D eigenvalue weighted by Gasteiger charge is -2.19. The van der Waals surface area contributed by atoms with Gasteiger partial charge in [-0.05, 0) is 51.3 Å². The van der Waals surface area contributed by atoms with Crippen LogP contribution in [0.5, 0.6) is 0 Å². The summed E-state index contributed by atoms with van der Waals surface area (Å²) in [6.45, 7) is 9.34. The lowest BCUT2D eigenvalue weighted by Crippen LogP contribution is -2.38. The van der Waals surface area contributed by atoms with Gasteiger partial charge in [0.15, 0.2) is 5.96 Å². The van der Waals surface area contributed by atoms with Crippen molar-refractivity contribution < 1.29 is 9.53 Å². The summed E-state index contributed by atoms with van der Waals surface area (Å²) in [5.74, 6) is 0.820. The molecule has 1 aromatic rings. The first-order valence-corrected chi connectivity index (χ1v) is 8.37. The number of benzene rings is 1. The van der Waals surface area contributed by atoms with Crippen LogP contribution in [0.15, 0.2) is 29.3 Å². The maximum Gasteiger partial charge on any atom is 0.412 e. The summed E-state index contributed by atoms with van der Waals surface area (Å²) >= 11 is 0. The van der Waals surface area contributed by atoms with E-state index in [1.165, 1.54) is 5.56 Å². The molecule has 25 heavy (non-hydrogen) atoms. The number of nitrogens with zero attached hydrogens (tertiary/aromatic N) is 1. The highest BCUT2D eigenvalue weighted by atomic mass is 127. The van der Waals surface area contributed by atoms with Crippen molar-refractivity contribution in [2.24, 2.45) is 4.99 Å². The van der Waals surface area contributed by atoms with Crippen LogP contribution in [0, 0.1) is 0 Å². The molecule has 142 valence electrons. The smallest absolute Gasteiger partial charge is 0.412 e. The second kappa shape index (κ2) is 11.9. The van der Waals surface area contributed by atoms with Crippen LogP contribution >= 0.6 is 24.0 Å². The van der Waals surface area contributed by atoms with Crippen LogP contribution < -0.4 is 16.0 Å². The van der Waals surface area contributed by atoms with Gasteiger partial charge in [0.2, 0.25) is 0 Å². The molecular weight excluding hydrogens is 431 g/mol. The second-order valence-corrected chi connectivity index (χ2v) is 6.50. The monoisotopic (exact) mass is 462 g/mol. The predicted molar refractivity (Wildman–Crippen MR) is 115 cm³/mol. The molecule has 0 spiro atoms. The first-order chi connectivity index (χ1) is 11.3. The third kappa shape index (κ3) is 10.9. The minimum absolute atomic E-state index is 0. The molecule has 0 atom stereocenters. The molecular formula is C18H31IN4O2. The molecule has 0 radical (unpaired) electrons.